The number of likely N-dealkylation sites (tertiary alicyclic amines) is 2. The van der Waals surface area contributed by atoms with Gasteiger partial charge in [0.2, 0.25) is 0 Å². The fourth-order valence-electron chi connectivity index (χ4n) is 3.58. The lowest BCUT2D eigenvalue weighted by Gasteiger charge is -2.34. The van der Waals surface area contributed by atoms with E-state index in [-0.39, 0.29) is 12.6 Å². The lowest BCUT2D eigenvalue weighted by molar-refractivity contribution is 0.142. The number of nitrogens with one attached hydrogen (secondary N) is 1. The largest absolute Gasteiger partial charge is 0.396 e. The standard InChI is InChI=1S/C16H31N3O2/c1-14-5-2-3-9-18(14)11-8-17-16(21)19-10-4-6-15(13-19)7-12-20/h14-15,20H,2-13H2,1H3,(H,17,21)/t14-,15+/m0/s1. The summed E-state index contributed by atoms with van der Waals surface area (Å²) in [4.78, 5) is 16.6. The van der Waals surface area contributed by atoms with E-state index in [2.05, 4.69) is 17.1 Å². The Labute approximate surface area is 128 Å². The van der Waals surface area contributed by atoms with E-state index in [9.17, 15) is 4.79 Å². The Balaban J connectivity index is 1.66. The zero-order valence-corrected chi connectivity index (χ0v) is 13.4. The molecule has 2 aliphatic rings. The third-order valence-corrected chi connectivity index (χ3v) is 4.96. The molecule has 2 heterocycles. The van der Waals surface area contributed by atoms with Crippen LogP contribution in [0.2, 0.25) is 0 Å². The first kappa shape index (κ1) is 16.6. The number of carbonyl (C=O) groups excluding carboxylic acids is 1. The van der Waals surface area contributed by atoms with E-state index in [4.69, 9.17) is 5.11 Å². The second-order valence-corrected chi connectivity index (χ2v) is 6.58. The molecule has 122 valence electrons. The molecule has 0 aromatic rings. The van der Waals surface area contributed by atoms with Gasteiger partial charge in [0.15, 0.2) is 0 Å². The lowest BCUT2D eigenvalue weighted by atomic mass is 9.95. The second-order valence-electron chi connectivity index (χ2n) is 6.58. The molecule has 5 heteroatoms. The molecule has 0 bridgehead atoms. The Morgan fingerprint density at radius 2 is 2.10 bits per heavy atom. The average Bonchev–Trinajstić information content (AvgIpc) is 2.50. The molecule has 0 aromatic heterocycles. The van der Waals surface area contributed by atoms with Crippen LogP contribution in [0.1, 0.15) is 45.4 Å². The van der Waals surface area contributed by atoms with Crippen LogP contribution in [0.4, 0.5) is 4.79 Å². The fourth-order valence-corrected chi connectivity index (χ4v) is 3.58. The first-order valence-corrected chi connectivity index (χ1v) is 8.58. The number of amides is 2. The minimum Gasteiger partial charge on any atom is -0.396 e. The SMILES string of the molecule is C[C@H]1CCCCN1CCNC(=O)N1CCC[C@H](CCO)C1. The van der Waals surface area contributed by atoms with Crippen molar-refractivity contribution in [2.45, 2.75) is 51.5 Å². The molecule has 0 unspecified atom stereocenters. The molecule has 0 aliphatic carbocycles. The number of carbonyl (C=O) groups is 1. The number of aliphatic hydroxyl groups excluding tert-OH is 1. The quantitative estimate of drug-likeness (QED) is 0.811. The molecule has 2 aliphatic heterocycles. The van der Waals surface area contributed by atoms with Gasteiger partial charge in [0.1, 0.15) is 0 Å². The summed E-state index contributed by atoms with van der Waals surface area (Å²) in [7, 11) is 0. The smallest absolute Gasteiger partial charge is 0.317 e. The summed E-state index contributed by atoms with van der Waals surface area (Å²) in [6.45, 7) is 7.03. The van der Waals surface area contributed by atoms with Gasteiger partial charge in [-0.15, -0.1) is 0 Å². The Hall–Kier alpha value is -0.810. The number of rotatable bonds is 5. The maximum atomic E-state index is 12.2. The maximum absolute atomic E-state index is 12.2. The molecule has 0 spiro atoms. The van der Waals surface area contributed by atoms with Crippen LogP contribution in [-0.4, -0.2) is 66.3 Å². The Morgan fingerprint density at radius 1 is 1.24 bits per heavy atom. The average molecular weight is 297 g/mol. The number of aliphatic hydroxyl groups is 1. The lowest BCUT2D eigenvalue weighted by Crippen LogP contribution is -2.48. The summed E-state index contributed by atoms with van der Waals surface area (Å²) in [6, 6.07) is 0.724. The number of nitrogens with zero attached hydrogens (tertiary/aromatic N) is 2. The number of piperidine rings is 2. The zero-order valence-electron chi connectivity index (χ0n) is 13.4. The summed E-state index contributed by atoms with van der Waals surface area (Å²) in [5, 5.41) is 12.1. The Bertz CT molecular complexity index is 323. The minimum absolute atomic E-state index is 0.0716. The number of hydrogen-bond donors (Lipinski definition) is 2. The highest BCUT2D eigenvalue weighted by Gasteiger charge is 2.23. The summed E-state index contributed by atoms with van der Waals surface area (Å²) < 4.78 is 0. The molecule has 2 saturated heterocycles. The van der Waals surface area contributed by atoms with Gasteiger partial charge in [-0.1, -0.05) is 6.42 Å². The van der Waals surface area contributed by atoms with Gasteiger partial charge in [-0.05, 0) is 51.5 Å². The molecule has 0 radical (unpaired) electrons. The van der Waals surface area contributed by atoms with Gasteiger partial charge < -0.3 is 15.3 Å². The number of urea groups is 1. The van der Waals surface area contributed by atoms with Crippen LogP contribution in [0, 0.1) is 5.92 Å². The van der Waals surface area contributed by atoms with Gasteiger partial charge in [-0.2, -0.15) is 0 Å². The fraction of sp³-hybridized carbons (Fsp3) is 0.938. The number of hydrogen-bond acceptors (Lipinski definition) is 3. The zero-order chi connectivity index (χ0) is 15.1. The monoisotopic (exact) mass is 297 g/mol. The predicted octanol–water partition coefficient (Wildman–Crippen LogP) is 1.66. The minimum atomic E-state index is 0.0716. The topological polar surface area (TPSA) is 55.8 Å². The summed E-state index contributed by atoms with van der Waals surface area (Å²) in [6.07, 6.45) is 6.91. The van der Waals surface area contributed by atoms with Crippen LogP contribution in [0.15, 0.2) is 0 Å². The van der Waals surface area contributed by atoms with Gasteiger partial charge >= 0.3 is 6.03 Å². The van der Waals surface area contributed by atoms with E-state index in [0.29, 0.717) is 12.0 Å². The van der Waals surface area contributed by atoms with Crippen molar-refractivity contribution in [3.05, 3.63) is 0 Å². The van der Waals surface area contributed by atoms with Crippen molar-refractivity contribution < 1.29 is 9.90 Å². The van der Waals surface area contributed by atoms with Crippen molar-refractivity contribution in [3.63, 3.8) is 0 Å². The van der Waals surface area contributed by atoms with Crippen molar-refractivity contribution in [2.24, 2.45) is 5.92 Å². The first-order chi connectivity index (χ1) is 10.2. The van der Waals surface area contributed by atoms with E-state index in [0.717, 1.165) is 45.4 Å². The van der Waals surface area contributed by atoms with E-state index in [1.165, 1.54) is 25.8 Å². The van der Waals surface area contributed by atoms with E-state index < -0.39 is 0 Å². The molecule has 2 atom stereocenters. The third kappa shape index (κ3) is 5.15. The highest BCUT2D eigenvalue weighted by molar-refractivity contribution is 5.74. The van der Waals surface area contributed by atoms with Crippen LogP contribution in [-0.2, 0) is 0 Å². The van der Waals surface area contributed by atoms with Gasteiger partial charge in [0, 0.05) is 38.8 Å². The maximum Gasteiger partial charge on any atom is 0.317 e. The molecule has 2 amide bonds. The van der Waals surface area contributed by atoms with Crippen molar-refractivity contribution in [3.8, 4) is 0 Å². The van der Waals surface area contributed by atoms with Crippen molar-refractivity contribution in [2.75, 3.05) is 39.3 Å². The van der Waals surface area contributed by atoms with Crippen LogP contribution in [0.5, 0.6) is 0 Å². The molecule has 2 fully saturated rings. The molecule has 2 rings (SSSR count). The third-order valence-electron chi connectivity index (χ3n) is 4.96. The molecule has 21 heavy (non-hydrogen) atoms. The Kier molecular flexibility index (Phi) is 6.77. The van der Waals surface area contributed by atoms with Crippen molar-refractivity contribution >= 4 is 6.03 Å². The highest BCUT2D eigenvalue weighted by Crippen LogP contribution is 2.19. The first-order valence-electron chi connectivity index (χ1n) is 8.58. The van der Waals surface area contributed by atoms with E-state index in [1.807, 2.05) is 4.90 Å². The predicted molar refractivity (Wildman–Crippen MR) is 84.3 cm³/mol. The Morgan fingerprint density at radius 3 is 2.86 bits per heavy atom. The molecule has 0 saturated carbocycles. The molecule has 5 nitrogen and oxygen atoms in total. The molecule has 2 N–H and O–H groups in total. The summed E-state index contributed by atoms with van der Waals surface area (Å²) in [5.41, 5.74) is 0. The normalized spacial score (nSPS) is 27.6. The van der Waals surface area contributed by atoms with Crippen LogP contribution in [0.3, 0.4) is 0 Å². The summed E-state index contributed by atoms with van der Waals surface area (Å²) in [5.74, 6) is 0.469. The van der Waals surface area contributed by atoms with Gasteiger partial charge in [0.25, 0.3) is 0 Å². The van der Waals surface area contributed by atoms with Crippen molar-refractivity contribution in [1.82, 2.24) is 15.1 Å². The van der Waals surface area contributed by atoms with Gasteiger partial charge in [-0.25, -0.2) is 4.79 Å². The molecular formula is C16H31N3O2. The van der Waals surface area contributed by atoms with Crippen LogP contribution < -0.4 is 5.32 Å². The molecule has 0 aromatic carbocycles. The van der Waals surface area contributed by atoms with Crippen LogP contribution >= 0.6 is 0 Å². The van der Waals surface area contributed by atoms with Gasteiger partial charge in [-0.3, -0.25) is 4.90 Å². The summed E-state index contributed by atoms with van der Waals surface area (Å²) >= 11 is 0. The van der Waals surface area contributed by atoms with E-state index >= 15 is 0 Å². The molecular weight excluding hydrogens is 266 g/mol. The highest BCUT2D eigenvalue weighted by atomic mass is 16.3. The van der Waals surface area contributed by atoms with Gasteiger partial charge in [0.05, 0.1) is 0 Å². The van der Waals surface area contributed by atoms with E-state index in [1.54, 1.807) is 0 Å². The van der Waals surface area contributed by atoms with Crippen molar-refractivity contribution in [1.29, 1.82) is 0 Å². The second kappa shape index (κ2) is 8.59. The van der Waals surface area contributed by atoms with Crippen LogP contribution in [0.25, 0.3) is 0 Å².